The van der Waals surface area contributed by atoms with Crippen LogP contribution in [-0.4, -0.2) is 23.3 Å². The van der Waals surface area contributed by atoms with Crippen LogP contribution in [0.5, 0.6) is 0 Å². The molecule has 3 aromatic rings. The highest BCUT2D eigenvalue weighted by molar-refractivity contribution is 6.45. The summed E-state index contributed by atoms with van der Waals surface area (Å²) in [6.45, 7) is 5.07. The van der Waals surface area contributed by atoms with Gasteiger partial charge in [-0.25, -0.2) is 9.29 Å². The number of halogens is 1. The first-order chi connectivity index (χ1) is 15.4. The average molecular weight is 426 g/mol. The van der Waals surface area contributed by atoms with Crippen molar-refractivity contribution in [2.45, 2.75) is 26.8 Å². The van der Waals surface area contributed by atoms with Crippen LogP contribution in [-0.2, 0) is 22.6 Å². The molecule has 3 aromatic carbocycles. The van der Waals surface area contributed by atoms with Crippen LogP contribution in [0.3, 0.4) is 0 Å². The van der Waals surface area contributed by atoms with Crippen LogP contribution >= 0.6 is 0 Å². The first-order valence-corrected chi connectivity index (χ1v) is 10.7. The number of carbonyl (C=O) groups excluding carboxylic acids is 2. The molecule has 0 aromatic heterocycles. The van der Waals surface area contributed by atoms with Crippen molar-refractivity contribution < 1.29 is 14.0 Å². The Labute approximate surface area is 186 Å². The molecule has 0 spiro atoms. The number of rotatable bonds is 3. The minimum atomic E-state index is -0.384. The van der Waals surface area contributed by atoms with E-state index in [-0.39, 0.29) is 17.6 Å². The minimum absolute atomic E-state index is 0.327. The molecule has 5 rings (SSSR count). The van der Waals surface area contributed by atoms with Crippen LogP contribution < -0.4 is 4.90 Å². The largest absolute Gasteiger partial charge is 0.362 e. The van der Waals surface area contributed by atoms with E-state index in [9.17, 15) is 14.0 Å². The molecule has 5 heteroatoms. The van der Waals surface area contributed by atoms with Gasteiger partial charge in [-0.3, -0.25) is 9.59 Å². The van der Waals surface area contributed by atoms with Crippen molar-refractivity contribution in [3.8, 4) is 0 Å². The summed E-state index contributed by atoms with van der Waals surface area (Å²) in [4.78, 5) is 30.6. The van der Waals surface area contributed by atoms with Gasteiger partial charge in [0.15, 0.2) is 0 Å². The number of hydrogen-bond acceptors (Lipinski definition) is 3. The fraction of sp³-hybridized carbons (Fsp3) is 0.185. The first kappa shape index (κ1) is 20.2. The van der Waals surface area contributed by atoms with Crippen molar-refractivity contribution in [3.05, 3.63) is 106 Å². The highest BCUT2D eigenvalue weighted by Gasteiger charge is 2.43. The van der Waals surface area contributed by atoms with Crippen molar-refractivity contribution in [2.24, 2.45) is 0 Å². The van der Waals surface area contributed by atoms with E-state index in [0.717, 1.165) is 23.1 Å². The zero-order valence-electron chi connectivity index (χ0n) is 18.1. The molecule has 2 aliphatic heterocycles. The maximum absolute atomic E-state index is 13.7. The van der Waals surface area contributed by atoms with Crippen molar-refractivity contribution in [1.29, 1.82) is 0 Å². The van der Waals surface area contributed by atoms with Gasteiger partial charge in [-0.1, -0.05) is 42.5 Å². The summed E-state index contributed by atoms with van der Waals surface area (Å²) in [6.07, 6.45) is 0.793. The Bertz CT molecular complexity index is 1260. The lowest BCUT2D eigenvalue weighted by Crippen LogP contribution is -2.37. The Hall–Kier alpha value is -3.73. The van der Waals surface area contributed by atoms with E-state index in [4.69, 9.17) is 0 Å². The van der Waals surface area contributed by atoms with Crippen molar-refractivity contribution in [1.82, 2.24) is 4.90 Å². The minimum Gasteiger partial charge on any atom is -0.362 e. The molecule has 0 atom stereocenters. The second-order valence-corrected chi connectivity index (χ2v) is 8.46. The average Bonchev–Trinajstić information content (AvgIpc) is 3.03. The second kappa shape index (κ2) is 7.75. The van der Waals surface area contributed by atoms with Gasteiger partial charge in [0, 0.05) is 13.1 Å². The van der Waals surface area contributed by atoms with E-state index < -0.39 is 0 Å². The van der Waals surface area contributed by atoms with Gasteiger partial charge in [0.2, 0.25) is 0 Å². The number of amides is 2. The molecule has 2 amide bonds. The summed E-state index contributed by atoms with van der Waals surface area (Å²) in [5.74, 6) is -1.09. The van der Waals surface area contributed by atoms with Crippen LogP contribution in [0.25, 0.3) is 5.57 Å². The van der Waals surface area contributed by atoms with Gasteiger partial charge >= 0.3 is 0 Å². The molecule has 2 aliphatic rings. The highest BCUT2D eigenvalue weighted by Crippen LogP contribution is 2.37. The molecule has 0 aliphatic carbocycles. The monoisotopic (exact) mass is 426 g/mol. The predicted molar refractivity (Wildman–Crippen MR) is 122 cm³/mol. The van der Waals surface area contributed by atoms with E-state index in [2.05, 4.69) is 12.1 Å². The Morgan fingerprint density at radius 1 is 0.812 bits per heavy atom. The van der Waals surface area contributed by atoms with E-state index in [1.54, 1.807) is 12.1 Å². The van der Waals surface area contributed by atoms with E-state index in [1.807, 2.05) is 49.1 Å². The van der Waals surface area contributed by atoms with E-state index in [0.29, 0.717) is 35.6 Å². The Balaban J connectivity index is 1.63. The van der Waals surface area contributed by atoms with Crippen molar-refractivity contribution >= 4 is 23.1 Å². The Morgan fingerprint density at radius 3 is 2.16 bits per heavy atom. The number of anilines is 1. The number of aryl methyl sites for hydroxylation is 2. The van der Waals surface area contributed by atoms with Gasteiger partial charge in [0.25, 0.3) is 11.8 Å². The lowest BCUT2D eigenvalue weighted by Gasteiger charge is -2.31. The zero-order valence-corrected chi connectivity index (χ0v) is 18.1. The second-order valence-electron chi connectivity index (χ2n) is 8.46. The van der Waals surface area contributed by atoms with E-state index >= 15 is 0 Å². The molecule has 0 N–H and O–H groups in total. The molecule has 160 valence electrons. The molecule has 0 radical (unpaired) electrons. The first-order valence-electron chi connectivity index (χ1n) is 10.7. The van der Waals surface area contributed by atoms with Gasteiger partial charge in [0.1, 0.15) is 11.5 Å². The summed E-state index contributed by atoms with van der Waals surface area (Å²) in [6, 6.07) is 19.6. The fourth-order valence-electron chi connectivity index (χ4n) is 4.69. The van der Waals surface area contributed by atoms with Crippen LogP contribution in [0, 0.1) is 19.7 Å². The Morgan fingerprint density at radius 2 is 1.47 bits per heavy atom. The molecule has 0 fully saturated rings. The van der Waals surface area contributed by atoms with Crippen LogP contribution in [0.4, 0.5) is 10.1 Å². The lowest BCUT2D eigenvalue weighted by atomic mass is 9.98. The highest BCUT2D eigenvalue weighted by atomic mass is 19.1. The number of carbonyl (C=O) groups is 2. The smallest absolute Gasteiger partial charge is 0.282 e. The number of imide groups is 1. The number of benzene rings is 3. The van der Waals surface area contributed by atoms with Crippen LogP contribution in [0.1, 0.15) is 27.8 Å². The molecule has 0 saturated heterocycles. The summed E-state index contributed by atoms with van der Waals surface area (Å²) < 4.78 is 13.6. The maximum atomic E-state index is 13.7. The lowest BCUT2D eigenvalue weighted by molar-refractivity contribution is -0.120. The predicted octanol–water partition coefficient (Wildman–Crippen LogP) is 4.79. The van der Waals surface area contributed by atoms with Crippen molar-refractivity contribution in [3.63, 3.8) is 0 Å². The number of nitrogens with zero attached hydrogens (tertiary/aromatic N) is 2. The van der Waals surface area contributed by atoms with Gasteiger partial charge in [-0.15, -0.1) is 0 Å². The Kier molecular flexibility index (Phi) is 4.89. The number of fused-ring (bicyclic) bond motifs is 1. The van der Waals surface area contributed by atoms with Gasteiger partial charge < -0.3 is 4.90 Å². The topological polar surface area (TPSA) is 40.6 Å². The third kappa shape index (κ3) is 3.40. The molecule has 0 unspecified atom stereocenters. The van der Waals surface area contributed by atoms with Crippen LogP contribution in [0.2, 0.25) is 0 Å². The zero-order chi connectivity index (χ0) is 22.4. The quantitative estimate of drug-likeness (QED) is 0.566. The summed E-state index contributed by atoms with van der Waals surface area (Å²) in [7, 11) is 0. The number of hydrogen-bond donors (Lipinski definition) is 0. The van der Waals surface area contributed by atoms with Crippen molar-refractivity contribution in [2.75, 3.05) is 11.4 Å². The summed E-state index contributed by atoms with van der Waals surface area (Å²) in [5, 5.41) is 0. The van der Waals surface area contributed by atoms with E-state index in [1.165, 1.54) is 22.6 Å². The molecular formula is C27H23FN2O2. The molecule has 4 nitrogen and oxygen atoms in total. The SMILES string of the molecule is Cc1cc(C)cc(N2C(=O)C(c3ccc(F)cc3)=C(N3CCc4ccccc4C3)C2=O)c1. The fourth-order valence-corrected chi connectivity index (χ4v) is 4.69. The molecule has 0 bridgehead atoms. The van der Waals surface area contributed by atoms with Gasteiger partial charge in [-0.2, -0.15) is 0 Å². The van der Waals surface area contributed by atoms with Gasteiger partial charge in [-0.05, 0) is 72.4 Å². The third-order valence-electron chi connectivity index (χ3n) is 6.10. The van der Waals surface area contributed by atoms with Crippen LogP contribution in [0.15, 0.2) is 72.4 Å². The molecule has 0 saturated carbocycles. The molecule has 32 heavy (non-hydrogen) atoms. The normalized spacial score (nSPS) is 16.1. The molecule has 2 heterocycles. The molecular weight excluding hydrogens is 403 g/mol. The third-order valence-corrected chi connectivity index (χ3v) is 6.10. The van der Waals surface area contributed by atoms with Gasteiger partial charge in [0.05, 0.1) is 11.3 Å². The summed E-state index contributed by atoms with van der Waals surface area (Å²) >= 11 is 0. The summed E-state index contributed by atoms with van der Waals surface area (Å²) in [5.41, 5.74) is 6.18. The maximum Gasteiger partial charge on any atom is 0.282 e. The standard InChI is InChI=1S/C27H23FN2O2/c1-17-13-18(2)15-23(14-17)30-26(31)24(20-7-9-22(28)10-8-20)25(27(30)32)29-12-11-19-5-3-4-6-21(19)16-29/h3-10,13-15H,11-12,16H2,1-2H3.